The first kappa shape index (κ1) is 12.6. The highest BCUT2D eigenvalue weighted by atomic mass is 16.5. The third kappa shape index (κ3) is 2.05. The second kappa shape index (κ2) is 4.71. The van der Waals surface area contributed by atoms with Crippen molar-refractivity contribution < 1.29 is 4.74 Å². The summed E-state index contributed by atoms with van der Waals surface area (Å²) in [5, 5.41) is 1.20. The maximum atomic E-state index is 5.57. The number of rotatable bonds is 1. The summed E-state index contributed by atoms with van der Waals surface area (Å²) in [7, 11) is 0. The average Bonchev–Trinajstić information content (AvgIpc) is 2.88. The normalized spacial score (nSPS) is 14.4. The quantitative estimate of drug-likeness (QED) is 0.732. The zero-order chi connectivity index (χ0) is 14.4. The maximum Gasteiger partial charge on any atom is 0.137 e. The van der Waals surface area contributed by atoms with E-state index in [1.165, 1.54) is 38.8 Å². The van der Waals surface area contributed by atoms with Gasteiger partial charge in [-0.15, -0.1) is 0 Å². The molecule has 1 aliphatic heterocycles. The molecule has 1 aliphatic rings. The molecule has 106 valence electrons. The molecule has 1 aromatic carbocycles. The lowest BCUT2D eigenvalue weighted by Gasteiger charge is -2.20. The Bertz CT molecular complexity index is 833. The van der Waals surface area contributed by atoms with Gasteiger partial charge in [-0.2, -0.15) is 0 Å². The van der Waals surface area contributed by atoms with Crippen molar-refractivity contribution in [1.29, 1.82) is 0 Å². The fraction of sp³-hybridized carbons (Fsp3) is 0.278. The van der Waals surface area contributed by atoms with E-state index >= 15 is 0 Å². The van der Waals surface area contributed by atoms with Crippen LogP contribution in [-0.4, -0.2) is 16.6 Å². The molecule has 1 N–H and O–H groups in total. The molecule has 0 spiro atoms. The summed E-state index contributed by atoms with van der Waals surface area (Å²) in [5.41, 5.74) is 8.72. The Labute approximate surface area is 124 Å². The van der Waals surface area contributed by atoms with E-state index in [9.17, 15) is 0 Å². The van der Waals surface area contributed by atoms with Gasteiger partial charge in [0.15, 0.2) is 0 Å². The van der Waals surface area contributed by atoms with Crippen LogP contribution in [-0.2, 0) is 17.8 Å². The van der Waals surface area contributed by atoms with E-state index in [1.807, 2.05) is 12.4 Å². The number of nitrogens with zero attached hydrogens (tertiary/aromatic N) is 1. The molecule has 3 aromatic rings. The number of fused-ring (bicyclic) bond motifs is 2. The number of hydrogen-bond donors (Lipinski definition) is 1. The van der Waals surface area contributed by atoms with Crippen LogP contribution in [0, 0.1) is 13.8 Å². The lowest BCUT2D eigenvalue weighted by atomic mass is 9.93. The second-order valence-corrected chi connectivity index (χ2v) is 5.83. The molecule has 0 unspecified atom stereocenters. The molecule has 0 saturated heterocycles. The van der Waals surface area contributed by atoms with Gasteiger partial charge in [-0.3, -0.25) is 0 Å². The maximum absolute atomic E-state index is 5.57. The summed E-state index contributed by atoms with van der Waals surface area (Å²) >= 11 is 0. The minimum absolute atomic E-state index is 0.746. The number of H-pyrrole nitrogens is 1. The van der Waals surface area contributed by atoms with Crippen molar-refractivity contribution in [3.63, 3.8) is 0 Å². The van der Waals surface area contributed by atoms with E-state index in [0.717, 1.165) is 25.3 Å². The van der Waals surface area contributed by atoms with Gasteiger partial charge in [0.2, 0.25) is 0 Å². The smallest absolute Gasteiger partial charge is 0.137 e. The molecule has 0 fully saturated rings. The van der Waals surface area contributed by atoms with E-state index in [2.05, 4.69) is 42.0 Å². The van der Waals surface area contributed by atoms with Gasteiger partial charge in [0.1, 0.15) is 5.65 Å². The number of ether oxygens (including phenoxy) is 1. The molecule has 21 heavy (non-hydrogen) atoms. The summed E-state index contributed by atoms with van der Waals surface area (Å²) in [6.07, 6.45) is 4.97. The molecule has 0 bridgehead atoms. The SMILES string of the molecule is Cc1cc(-c2cnc3[nH]cc(C)c3c2)cc2c1COCC2. The molecule has 0 amide bonds. The van der Waals surface area contributed by atoms with Crippen molar-refractivity contribution in [2.45, 2.75) is 26.9 Å². The second-order valence-electron chi connectivity index (χ2n) is 5.83. The molecule has 2 aromatic heterocycles. The van der Waals surface area contributed by atoms with Crippen molar-refractivity contribution in [3.05, 3.63) is 52.8 Å². The van der Waals surface area contributed by atoms with Crippen LogP contribution in [0.4, 0.5) is 0 Å². The van der Waals surface area contributed by atoms with Crippen LogP contribution >= 0.6 is 0 Å². The van der Waals surface area contributed by atoms with Crippen molar-refractivity contribution >= 4 is 11.0 Å². The van der Waals surface area contributed by atoms with E-state index in [4.69, 9.17) is 4.74 Å². The molecule has 0 atom stereocenters. The number of benzene rings is 1. The number of nitrogens with one attached hydrogen (secondary N) is 1. The fourth-order valence-corrected chi connectivity index (χ4v) is 3.14. The molecular formula is C18H18N2O. The van der Waals surface area contributed by atoms with Gasteiger partial charge in [-0.05, 0) is 54.2 Å². The molecule has 0 radical (unpaired) electrons. The Balaban J connectivity index is 1.87. The third-order valence-corrected chi connectivity index (χ3v) is 4.40. The minimum atomic E-state index is 0.746. The van der Waals surface area contributed by atoms with Crippen molar-refractivity contribution in [2.24, 2.45) is 0 Å². The standard InChI is InChI=1S/C18H18N2O/c1-11-5-14(6-13-3-4-21-10-17(11)13)15-7-16-12(2)8-19-18(16)20-9-15/h5-9H,3-4,10H2,1-2H3,(H,19,20). The Hall–Kier alpha value is -2.13. The first-order chi connectivity index (χ1) is 10.2. The Morgan fingerprint density at radius 3 is 2.90 bits per heavy atom. The molecule has 3 heteroatoms. The topological polar surface area (TPSA) is 37.9 Å². The Morgan fingerprint density at radius 2 is 2.00 bits per heavy atom. The highest BCUT2D eigenvalue weighted by Crippen LogP contribution is 2.30. The molecule has 3 nitrogen and oxygen atoms in total. The number of aryl methyl sites for hydroxylation is 2. The number of hydrogen-bond acceptors (Lipinski definition) is 2. The van der Waals surface area contributed by atoms with Crippen LogP contribution in [0.15, 0.2) is 30.6 Å². The molecule has 0 aliphatic carbocycles. The van der Waals surface area contributed by atoms with Gasteiger partial charge in [0.05, 0.1) is 13.2 Å². The summed E-state index contributed by atoms with van der Waals surface area (Å²) in [6.45, 7) is 5.85. The number of pyridine rings is 1. The molecular weight excluding hydrogens is 260 g/mol. The fourth-order valence-electron chi connectivity index (χ4n) is 3.14. The Morgan fingerprint density at radius 1 is 1.10 bits per heavy atom. The zero-order valence-electron chi connectivity index (χ0n) is 12.4. The lowest BCUT2D eigenvalue weighted by Crippen LogP contribution is -2.11. The van der Waals surface area contributed by atoms with Crippen molar-refractivity contribution in [1.82, 2.24) is 9.97 Å². The predicted molar refractivity (Wildman–Crippen MR) is 84.4 cm³/mol. The van der Waals surface area contributed by atoms with Crippen LogP contribution in [0.5, 0.6) is 0 Å². The molecule has 3 heterocycles. The van der Waals surface area contributed by atoms with Crippen LogP contribution in [0.25, 0.3) is 22.2 Å². The van der Waals surface area contributed by atoms with Gasteiger partial charge in [0, 0.05) is 23.3 Å². The van der Waals surface area contributed by atoms with E-state index in [-0.39, 0.29) is 0 Å². The summed E-state index contributed by atoms with van der Waals surface area (Å²) in [4.78, 5) is 7.74. The molecule has 4 rings (SSSR count). The largest absolute Gasteiger partial charge is 0.376 e. The zero-order valence-corrected chi connectivity index (χ0v) is 12.4. The van der Waals surface area contributed by atoms with Crippen LogP contribution in [0.1, 0.15) is 22.3 Å². The monoisotopic (exact) mass is 278 g/mol. The van der Waals surface area contributed by atoms with Crippen LogP contribution in [0.3, 0.4) is 0 Å². The highest BCUT2D eigenvalue weighted by Gasteiger charge is 2.14. The van der Waals surface area contributed by atoms with E-state index in [1.54, 1.807) is 0 Å². The van der Waals surface area contributed by atoms with Gasteiger partial charge in [-0.25, -0.2) is 4.98 Å². The summed E-state index contributed by atoms with van der Waals surface area (Å²) < 4.78 is 5.57. The highest BCUT2D eigenvalue weighted by molar-refractivity contribution is 5.84. The van der Waals surface area contributed by atoms with Gasteiger partial charge < -0.3 is 9.72 Å². The van der Waals surface area contributed by atoms with Crippen LogP contribution in [0.2, 0.25) is 0 Å². The van der Waals surface area contributed by atoms with Gasteiger partial charge in [-0.1, -0.05) is 12.1 Å². The minimum Gasteiger partial charge on any atom is -0.376 e. The van der Waals surface area contributed by atoms with Gasteiger partial charge >= 0.3 is 0 Å². The number of aromatic nitrogens is 2. The van der Waals surface area contributed by atoms with Crippen molar-refractivity contribution in [2.75, 3.05) is 6.61 Å². The predicted octanol–water partition coefficient (Wildman–Crippen LogP) is 3.92. The van der Waals surface area contributed by atoms with Crippen LogP contribution < -0.4 is 0 Å². The first-order valence-electron chi connectivity index (χ1n) is 7.36. The summed E-state index contributed by atoms with van der Waals surface area (Å²) in [6, 6.07) is 6.78. The molecule has 0 saturated carbocycles. The number of aromatic amines is 1. The third-order valence-electron chi connectivity index (χ3n) is 4.40. The summed E-state index contributed by atoms with van der Waals surface area (Å²) in [5.74, 6) is 0. The van der Waals surface area contributed by atoms with Gasteiger partial charge in [0.25, 0.3) is 0 Å². The first-order valence-corrected chi connectivity index (χ1v) is 7.36. The van der Waals surface area contributed by atoms with Crippen molar-refractivity contribution in [3.8, 4) is 11.1 Å². The lowest BCUT2D eigenvalue weighted by molar-refractivity contribution is 0.110. The Kier molecular flexibility index (Phi) is 2.82. The van der Waals surface area contributed by atoms with E-state index < -0.39 is 0 Å². The average molecular weight is 278 g/mol. The van der Waals surface area contributed by atoms with E-state index in [0.29, 0.717) is 0 Å².